The molecule has 7 heteroatoms. The number of benzene rings is 1. The Kier molecular flexibility index (Phi) is 9.75. The van der Waals surface area contributed by atoms with Gasteiger partial charge >= 0.3 is 0 Å². The number of rotatable bonds is 4. The predicted molar refractivity (Wildman–Crippen MR) is 104 cm³/mol. The number of carbonyl (C=O) groups excluding carboxylic acids is 1. The molecular weight excluding hydrogens is 361 g/mol. The van der Waals surface area contributed by atoms with Gasteiger partial charge in [-0.2, -0.15) is 0 Å². The number of likely N-dealkylation sites (tertiary alicyclic amines) is 1. The quantitative estimate of drug-likeness (QED) is 0.855. The van der Waals surface area contributed by atoms with Gasteiger partial charge in [-0.1, -0.05) is 30.3 Å². The van der Waals surface area contributed by atoms with Crippen LogP contribution in [0.4, 0.5) is 0 Å². The molecule has 0 bridgehead atoms. The second-order valence-electron chi connectivity index (χ2n) is 6.50. The third-order valence-electron chi connectivity index (χ3n) is 4.86. The summed E-state index contributed by atoms with van der Waals surface area (Å²) in [6.07, 6.45) is 2.91. The minimum absolute atomic E-state index is 0. The number of hydrogen-bond donors (Lipinski definition) is 1. The summed E-state index contributed by atoms with van der Waals surface area (Å²) in [6, 6.07) is 10.6. The number of morpholine rings is 1. The SMILES string of the molecule is Cl.Cl.NCC1CCCCN1C(=O)C1CN(Cc2ccccc2)CCO1. The molecule has 3 rings (SSSR count). The minimum atomic E-state index is -0.348. The van der Waals surface area contributed by atoms with Gasteiger partial charge in [0.15, 0.2) is 0 Å². The number of hydrogen-bond acceptors (Lipinski definition) is 4. The van der Waals surface area contributed by atoms with Crippen molar-refractivity contribution >= 4 is 30.7 Å². The van der Waals surface area contributed by atoms with Crippen molar-refractivity contribution in [2.75, 3.05) is 32.8 Å². The average molecular weight is 390 g/mol. The van der Waals surface area contributed by atoms with Crippen LogP contribution in [0.15, 0.2) is 30.3 Å². The zero-order valence-electron chi connectivity index (χ0n) is 14.5. The van der Waals surface area contributed by atoms with Crippen molar-refractivity contribution in [3.63, 3.8) is 0 Å². The van der Waals surface area contributed by atoms with Gasteiger partial charge in [0.1, 0.15) is 6.10 Å². The Hall–Kier alpha value is -0.850. The highest BCUT2D eigenvalue weighted by atomic mass is 35.5. The van der Waals surface area contributed by atoms with E-state index in [4.69, 9.17) is 10.5 Å². The molecule has 0 aromatic heterocycles. The van der Waals surface area contributed by atoms with E-state index in [2.05, 4.69) is 29.2 Å². The number of amides is 1. The Balaban J connectivity index is 0.00000156. The summed E-state index contributed by atoms with van der Waals surface area (Å²) in [5, 5.41) is 0. The first-order valence-corrected chi connectivity index (χ1v) is 8.66. The van der Waals surface area contributed by atoms with E-state index >= 15 is 0 Å². The number of nitrogens with zero attached hydrogens (tertiary/aromatic N) is 2. The molecule has 2 fully saturated rings. The molecule has 0 spiro atoms. The summed E-state index contributed by atoms with van der Waals surface area (Å²) in [7, 11) is 0. The molecule has 142 valence electrons. The molecule has 1 aromatic rings. The van der Waals surface area contributed by atoms with Crippen LogP contribution in [0.2, 0.25) is 0 Å². The van der Waals surface area contributed by atoms with Crippen LogP contribution in [0.5, 0.6) is 0 Å². The largest absolute Gasteiger partial charge is 0.366 e. The molecule has 1 aromatic carbocycles. The highest BCUT2D eigenvalue weighted by molar-refractivity contribution is 5.85. The lowest BCUT2D eigenvalue weighted by molar-refractivity contribution is -0.153. The van der Waals surface area contributed by atoms with E-state index in [1.807, 2.05) is 11.0 Å². The number of piperidine rings is 1. The van der Waals surface area contributed by atoms with Crippen LogP contribution < -0.4 is 5.73 Å². The first kappa shape index (κ1) is 22.2. The fourth-order valence-electron chi connectivity index (χ4n) is 3.56. The van der Waals surface area contributed by atoms with Crippen molar-refractivity contribution in [1.29, 1.82) is 0 Å². The molecule has 2 heterocycles. The molecule has 0 radical (unpaired) electrons. The van der Waals surface area contributed by atoms with Crippen LogP contribution in [0.1, 0.15) is 24.8 Å². The summed E-state index contributed by atoms with van der Waals surface area (Å²) >= 11 is 0. The maximum Gasteiger partial charge on any atom is 0.253 e. The van der Waals surface area contributed by atoms with Crippen LogP contribution in [-0.4, -0.2) is 60.6 Å². The molecule has 0 saturated carbocycles. The molecule has 1 amide bonds. The lowest BCUT2D eigenvalue weighted by atomic mass is 10.0. The van der Waals surface area contributed by atoms with Crippen molar-refractivity contribution in [1.82, 2.24) is 9.80 Å². The molecular formula is C18H29Cl2N3O2. The summed E-state index contributed by atoms with van der Waals surface area (Å²) in [5.74, 6) is 0.123. The number of halogens is 2. The van der Waals surface area contributed by atoms with Crippen LogP contribution in [-0.2, 0) is 16.1 Å². The zero-order chi connectivity index (χ0) is 16.1. The maximum absolute atomic E-state index is 12.8. The standard InChI is InChI=1S/C18H27N3O2.2ClH/c19-12-16-8-4-5-9-21(16)18(22)17-14-20(10-11-23-17)13-15-6-2-1-3-7-15;;/h1-3,6-7,16-17H,4-5,8-14,19H2;2*1H. The minimum Gasteiger partial charge on any atom is -0.366 e. The molecule has 25 heavy (non-hydrogen) atoms. The first-order chi connectivity index (χ1) is 11.3. The second-order valence-corrected chi connectivity index (χ2v) is 6.50. The molecule has 2 saturated heterocycles. The lowest BCUT2D eigenvalue weighted by Gasteiger charge is -2.40. The normalized spacial score (nSPS) is 24.1. The van der Waals surface area contributed by atoms with E-state index in [1.54, 1.807) is 0 Å². The van der Waals surface area contributed by atoms with E-state index in [0.717, 1.165) is 38.9 Å². The number of ether oxygens (including phenoxy) is 1. The first-order valence-electron chi connectivity index (χ1n) is 8.66. The smallest absolute Gasteiger partial charge is 0.253 e. The molecule has 2 N–H and O–H groups in total. The van der Waals surface area contributed by atoms with Gasteiger partial charge < -0.3 is 15.4 Å². The number of carbonyl (C=O) groups is 1. The van der Waals surface area contributed by atoms with E-state index in [9.17, 15) is 4.79 Å². The van der Waals surface area contributed by atoms with Gasteiger partial charge in [0.05, 0.1) is 6.61 Å². The van der Waals surface area contributed by atoms with Crippen LogP contribution >= 0.6 is 24.8 Å². The Bertz CT molecular complexity index is 518. The Morgan fingerprint density at radius 2 is 1.92 bits per heavy atom. The van der Waals surface area contributed by atoms with E-state index in [1.165, 1.54) is 5.56 Å². The van der Waals surface area contributed by atoms with Crippen molar-refractivity contribution in [2.45, 2.75) is 38.0 Å². The third kappa shape index (κ3) is 5.83. The van der Waals surface area contributed by atoms with E-state index in [0.29, 0.717) is 19.7 Å². The summed E-state index contributed by atoms with van der Waals surface area (Å²) in [5.41, 5.74) is 7.12. The lowest BCUT2D eigenvalue weighted by Crippen LogP contribution is -2.55. The zero-order valence-corrected chi connectivity index (χ0v) is 16.1. The maximum atomic E-state index is 12.8. The van der Waals surface area contributed by atoms with Gasteiger partial charge in [-0.15, -0.1) is 24.8 Å². The Morgan fingerprint density at radius 3 is 2.64 bits per heavy atom. The third-order valence-corrected chi connectivity index (χ3v) is 4.86. The molecule has 2 atom stereocenters. The summed E-state index contributed by atoms with van der Waals surface area (Å²) in [6.45, 7) is 4.39. The molecule has 2 unspecified atom stereocenters. The van der Waals surface area contributed by atoms with Crippen molar-refractivity contribution < 1.29 is 9.53 Å². The van der Waals surface area contributed by atoms with Crippen LogP contribution in [0.3, 0.4) is 0 Å². The Labute approximate surface area is 162 Å². The topological polar surface area (TPSA) is 58.8 Å². The summed E-state index contributed by atoms with van der Waals surface area (Å²) in [4.78, 5) is 17.1. The van der Waals surface area contributed by atoms with Crippen molar-refractivity contribution in [3.8, 4) is 0 Å². The summed E-state index contributed by atoms with van der Waals surface area (Å²) < 4.78 is 5.78. The van der Waals surface area contributed by atoms with Crippen molar-refractivity contribution in [2.24, 2.45) is 5.73 Å². The highest BCUT2D eigenvalue weighted by Crippen LogP contribution is 2.20. The van der Waals surface area contributed by atoms with Gasteiger partial charge in [0, 0.05) is 38.8 Å². The van der Waals surface area contributed by atoms with Gasteiger partial charge in [-0.05, 0) is 24.8 Å². The monoisotopic (exact) mass is 389 g/mol. The molecule has 2 aliphatic heterocycles. The van der Waals surface area contributed by atoms with Crippen molar-refractivity contribution in [3.05, 3.63) is 35.9 Å². The number of nitrogens with two attached hydrogens (primary N) is 1. The fourth-order valence-corrected chi connectivity index (χ4v) is 3.56. The van der Waals surface area contributed by atoms with Gasteiger partial charge in [-0.3, -0.25) is 9.69 Å². The van der Waals surface area contributed by atoms with Gasteiger partial charge in [0.2, 0.25) is 0 Å². The van der Waals surface area contributed by atoms with E-state index < -0.39 is 0 Å². The molecule has 2 aliphatic rings. The van der Waals surface area contributed by atoms with Crippen LogP contribution in [0, 0.1) is 0 Å². The van der Waals surface area contributed by atoms with E-state index in [-0.39, 0.29) is 42.9 Å². The average Bonchev–Trinajstić information content (AvgIpc) is 2.62. The predicted octanol–water partition coefficient (Wildman–Crippen LogP) is 2.07. The second kappa shape index (κ2) is 11.0. The van der Waals surface area contributed by atoms with Gasteiger partial charge in [-0.25, -0.2) is 0 Å². The highest BCUT2D eigenvalue weighted by Gasteiger charge is 2.34. The Morgan fingerprint density at radius 1 is 1.16 bits per heavy atom. The molecule has 0 aliphatic carbocycles. The molecule has 5 nitrogen and oxygen atoms in total. The van der Waals surface area contributed by atoms with Gasteiger partial charge in [0.25, 0.3) is 5.91 Å². The van der Waals surface area contributed by atoms with Crippen LogP contribution in [0.25, 0.3) is 0 Å². The fraction of sp³-hybridized carbons (Fsp3) is 0.611.